The molecule has 2 heterocycles. The second-order valence-electron chi connectivity index (χ2n) is 8.00. The summed E-state index contributed by atoms with van der Waals surface area (Å²) in [5, 5.41) is 58.5. The van der Waals surface area contributed by atoms with Gasteiger partial charge in [-0.05, 0) is 12.1 Å². The molecule has 35 heavy (non-hydrogen) atoms. The maximum atomic E-state index is 12.2. The highest BCUT2D eigenvalue weighted by Gasteiger charge is 2.52. The molecule has 1 aromatic heterocycles. The number of carboxylic acids is 1. The van der Waals surface area contributed by atoms with Crippen LogP contribution in [0, 0.1) is 0 Å². The van der Waals surface area contributed by atoms with E-state index in [1.807, 2.05) is 0 Å². The Balaban J connectivity index is 1.77. The number of amides is 2. The summed E-state index contributed by atoms with van der Waals surface area (Å²) < 4.78 is 10.9. The number of hydrogen-bond donors (Lipinski definition) is 6. The number of carboxylic acid groups (broad SMARTS) is 1. The fourth-order valence-corrected chi connectivity index (χ4v) is 3.65. The van der Waals surface area contributed by atoms with Crippen LogP contribution in [-0.2, 0) is 25.7 Å². The number of aliphatic hydroxyl groups is 3. The lowest BCUT2D eigenvalue weighted by molar-refractivity contribution is -0.383. The van der Waals surface area contributed by atoms with E-state index in [-0.39, 0.29) is 5.69 Å². The molecular formula is C21H26N5O9-. The number of aromatic nitrogens is 3. The molecule has 0 radical (unpaired) electrons. The van der Waals surface area contributed by atoms with Crippen molar-refractivity contribution in [2.45, 2.75) is 56.2 Å². The summed E-state index contributed by atoms with van der Waals surface area (Å²) in [6.45, 7) is 0.296. The number of hydrogen-bond acceptors (Lipinski definition) is 11. The van der Waals surface area contributed by atoms with Gasteiger partial charge in [-0.1, -0.05) is 18.2 Å². The molecule has 3 rings (SSSR count). The predicted octanol–water partition coefficient (Wildman–Crippen LogP) is -3.43. The molecule has 14 heteroatoms. The molecule has 0 saturated carbocycles. The number of benzene rings is 1. The molecule has 190 valence electrons. The molecule has 6 N–H and O–H groups in total. The molecule has 0 unspecified atom stereocenters. The number of nitrogens with zero attached hydrogens (tertiary/aromatic N) is 2. The SMILES string of the molecule is CC(=O)N[C@H]1[C@H]([C@H](O)[C@@H](O)CNC(=O)c2ccccc2)O[C@](OCc2cn[nH]n2)(C(=O)[O-])C[C@@H]1O. The van der Waals surface area contributed by atoms with E-state index in [4.69, 9.17) is 9.47 Å². The van der Waals surface area contributed by atoms with Crippen LogP contribution in [0.15, 0.2) is 36.5 Å². The first-order valence-electron chi connectivity index (χ1n) is 10.7. The van der Waals surface area contributed by atoms with E-state index in [1.165, 1.54) is 6.20 Å². The van der Waals surface area contributed by atoms with Gasteiger partial charge in [0.1, 0.15) is 23.9 Å². The van der Waals surface area contributed by atoms with Crippen LogP contribution < -0.4 is 15.7 Å². The molecule has 2 aromatic rings. The van der Waals surface area contributed by atoms with Crippen LogP contribution in [0.4, 0.5) is 0 Å². The third-order valence-corrected chi connectivity index (χ3v) is 5.41. The van der Waals surface area contributed by atoms with E-state index in [1.54, 1.807) is 30.3 Å². The fourth-order valence-electron chi connectivity index (χ4n) is 3.65. The van der Waals surface area contributed by atoms with E-state index in [0.717, 1.165) is 6.92 Å². The van der Waals surface area contributed by atoms with Crippen LogP contribution in [0.3, 0.4) is 0 Å². The van der Waals surface area contributed by atoms with Crippen molar-refractivity contribution >= 4 is 17.8 Å². The van der Waals surface area contributed by atoms with Crippen molar-refractivity contribution in [2.75, 3.05) is 6.54 Å². The summed E-state index contributed by atoms with van der Waals surface area (Å²) in [7, 11) is 0. The van der Waals surface area contributed by atoms with Crippen LogP contribution in [0.25, 0.3) is 0 Å². The molecule has 0 bridgehead atoms. The highest BCUT2D eigenvalue weighted by atomic mass is 16.7. The molecule has 6 atom stereocenters. The minimum absolute atomic E-state index is 0.216. The monoisotopic (exact) mass is 492 g/mol. The van der Waals surface area contributed by atoms with Gasteiger partial charge in [0.25, 0.3) is 5.91 Å². The molecule has 14 nitrogen and oxygen atoms in total. The normalized spacial score (nSPS) is 25.9. The molecule has 1 fully saturated rings. The van der Waals surface area contributed by atoms with Gasteiger partial charge in [-0.3, -0.25) is 9.59 Å². The van der Waals surface area contributed by atoms with Gasteiger partial charge in [0.15, 0.2) is 0 Å². The van der Waals surface area contributed by atoms with Gasteiger partial charge < -0.3 is 45.3 Å². The van der Waals surface area contributed by atoms with Crippen molar-refractivity contribution < 1.29 is 44.3 Å². The number of rotatable bonds is 10. The number of H-pyrrole nitrogens is 1. The first-order valence-corrected chi connectivity index (χ1v) is 10.7. The summed E-state index contributed by atoms with van der Waals surface area (Å²) in [5.41, 5.74) is 0.528. The van der Waals surface area contributed by atoms with E-state index < -0.39 is 73.6 Å². The average molecular weight is 492 g/mol. The summed E-state index contributed by atoms with van der Waals surface area (Å²) in [6.07, 6.45) is -6.18. The number of aromatic amines is 1. The van der Waals surface area contributed by atoms with Crippen molar-refractivity contribution in [3.8, 4) is 0 Å². The second kappa shape index (κ2) is 11.3. The van der Waals surface area contributed by atoms with Crippen LogP contribution in [-0.4, -0.2) is 91.3 Å². The van der Waals surface area contributed by atoms with Crippen molar-refractivity contribution in [3.63, 3.8) is 0 Å². The first-order chi connectivity index (χ1) is 16.6. The Morgan fingerprint density at radius 3 is 2.63 bits per heavy atom. The van der Waals surface area contributed by atoms with Gasteiger partial charge in [0.05, 0.1) is 31.1 Å². The number of ether oxygens (including phenoxy) is 2. The Labute approximate surface area is 199 Å². The first kappa shape index (κ1) is 26.2. The summed E-state index contributed by atoms with van der Waals surface area (Å²) >= 11 is 0. The number of carbonyl (C=O) groups is 3. The van der Waals surface area contributed by atoms with Gasteiger partial charge in [-0.15, -0.1) is 0 Å². The van der Waals surface area contributed by atoms with Crippen LogP contribution in [0.5, 0.6) is 0 Å². The molecule has 2 amide bonds. The minimum atomic E-state index is -2.55. The van der Waals surface area contributed by atoms with Crippen molar-refractivity contribution in [3.05, 3.63) is 47.8 Å². The van der Waals surface area contributed by atoms with Gasteiger partial charge >= 0.3 is 0 Å². The van der Waals surface area contributed by atoms with E-state index in [2.05, 4.69) is 26.0 Å². The van der Waals surface area contributed by atoms with Crippen LogP contribution in [0.2, 0.25) is 0 Å². The zero-order chi connectivity index (χ0) is 25.6. The molecule has 0 spiro atoms. The third kappa shape index (κ3) is 6.37. The Morgan fingerprint density at radius 1 is 1.31 bits per heavy atom. The summed E-state index contributed by atoms with van der Waals surface area (Å²) in [4.78, 5) is 36.0. The Morgan fingerprint density at radius 2 is 2.03 bits per heavy atom. The fraction of sp³-hybridized carbons (Fsp3) is 0.476. The van der Waals surface area contributed by atoms with Crippen LogP contribution >= 0.6 is 0 Å². The van der Waals surface area contributed by atoms with Crippen molar-refractivity contribution in [1.82, 2.24) is 26.0 Å². The quantitative estimate of drug-likeness (QED) is 0.192. The second-order valence-corrected chi connectivity index (χ2v) is 8.00. The van der Waals surface area contributed by atoms with Crippen molar-refractivity contribution in [1.29, 1.82) is 0 Å². The standard InChI is InChI=1S/C21H27N5O9/c1-11(27)24-16-14(28)7-21(20(32)33,34-10-13-8-23-26-25-13)35-18(16)17(30)15(29)9-22-19(31)12-5-3-2-4-6-12/h2-6,8,14-18,28-30H,7,9-10H2,1H3,(H,22,31)(H,24,27)(H,32,33)(H,23,25,26)/p-1/t14-,15-,16+,17+,18+,21-/m0/s1. The average Bonchev–Trinajstić information content (AvgIpc) is 3.36. The Bertz CT molecular complexity index is 1010. The van der Waals surface area contributed by atoms with Crippen LogP contribution in [0.1, 0.15) is 29.4 Å². The zero-order valence-corrected chi connectivity index (χ0v) is 18.7. The number of nitrogens with one attached hydrogen (secondary N) is 3. The molecule has 1 aromatic carbocycles. The highest BCUT2D eigenvalue weighted by Crippen LogP contribution is 2.33. The Kier molecular flexibility index (Phi) is 8.48. The number of carbonyl (C=O) groups excluding carboxylic acids is 3. The molecular weight excluding hydrogens is 466 g/mol. The highest BCUT2D eigenvalue weighted by molar-refractivity contribution is 5.94. The number of aliphatic hydroxyl groups excluding tert-OH is 3. The minimum Gasteiger partial charge on any atom is -0.544 e. The molecule has 1 saturated heterocycles. The molecule has 1 aliphatic heterocycles. The van der Waals surface area contributed by atoms with Crippen molar-refractivity contribution in [2.24, 2.45) is 0 Å². The van der Waals surface area contributed by atoms with E-state index >= 15 is 0 Å². The maximum absolute atomic E-state index is 12.2. The van der Waals surface area contributed by atoms with E-state index in [9.17, 15) is 34.8 Å². The zero-order valence-electron chi connectivity index (χ0n) is 18.7. The lowest BCUT2D eigenvalue weighted by atomic mass is 9.88. The van der Waals surface area contributed by atoms with Gasteiger partial charge in [-0.2, -0.15) is 15.4 Å². The molecule has 0 aliphatic carbocycles. The lowest BCUT2D eigenvalue weighted by Crippen LogP contribution is -2.69. The largest absolute Gasteiger partial charge is 0.544 e. The smallest absolute Gasteiger partial charge is 0.251 e. The summed E-state index contributed by atoms with van der Waals surface area (Å²) in [5.74, 6) is -5.54. The third-order valence-electron chi connectivity index (χ3n) is 5.41. The maximum Gasteiger partial charge on any atom is 0.251 e. The Hall–Kier alpha value is -3.43. The van der Waals surface area contributed by atoms with E-state index in [0.29, 0.717) is 5.56 Å². The predicted molar refractivity (Wildman–Crippen MR) is 113 cm³/mol. The van der Waals surface area contributed by atoms with Gasteiger partial charge in [0, 0.05) is 25.5 Å². The lowest BCUT2D eigenvalue weighted by Gasteiger charge is -2.48. The molecule has 1 aliphatic rings. The van der Waals surface area contributed by atoms with Gasteiger partial charge in [0.2, 0.25) is 11.7 Å². The summed E-state index contributed by atoms with van der Waals surface area (Å²) in [6, 6.07) is 6.79. The topological polar surface area (TPSA) is 219 Å². The van der Waals surface area contributed by atoms with Gasteiger partial charge in [-0.25, -0.2) is 0 Å². The number of aliphatic carboxylic acids is 1.